The summed E-state index contributed by atoms with van der Waals surface area (Å²) >= 11 is 0. The molecule has 96 valence electrons. The second-order valence-electron chi connectivity index (χ2n) is 4.73. The highest BCUT2D eigenvalue weighted by Crippen LogP contribution is 2.28. The molecule has 0 heterocycles. The molecule has 4 heteroatoms. The van der Waals surface area contributed by atoms with E-state index >= 15 is 0 Å². The normalized spacial score (nSPS) is 20.8. The van der Waals surface area contributed by atoms with Crippen molar-refractivity contribution < 1.29 is 19.1 Å². The molecule has 17 heavy (non-hydrogen) atoms. The Kier molecular flexibility index (Phi) is 4.73. The molecule has 0 aromatic rings. The average Bonchev–Trinajstić information content (AvgIpc) is 2.30. The van der Waals surface area contributed by atoms with E-state index in [1.54, 1.807) is 6.92 Å². The molecular formula is C13H20O4. The number of ether oxygens (including phenoxy) is 2. The van der Waals surface area contributed by atoms with Crippen LogP contribution in [0.3, 0.4) is 0 Å². The molecular weight excluding hydrogens is 220 g/mol. The lowest BCUT2D eigenvalue weighted by atomic mass is 9.87. The van der Waals surface area contributed by atoms with E-state index in [2.05, 4.69) is 18.6 Å². The number of methoxy groups -OCH3 is 1. The van der Waals surface area contributed by atoms with Crippen LogP contribution in [0.15, 0.2) is 11.3 Å². The quantitative estimate of drug-likeness (QED) is 0.557. The van der Waals surface area contributed by atoms with Gasteiger partial charge in [0.05, 0.1) is 13.7 Å². The second kappa shape index (κ2) is 5.84. The summed E-state index contributed by atoms with van der Waals surface area (Å²) in [5.41, 5.74) is 0.562. The number of carbonyl (C=O) groups is 2. The van der Waals surface area contributed by atoms with E-state index < -0.39 is 11.9 Å². The van der Waals surface area contributed by atoms with Crippen molar-refractivity contribution in [3.8, 4) is 0 Å². The molecule has 0 N–H and O–H groups in total. The number of hydrogen-bond donors (Lipinski definition) is 0. The minimum absolute atomic E-state index is 0.165. The molecule has 0 spiro atoms. The predicted molar refractivity (Wildman–Crippen MR) is 63.2 cm³/mol. The third kappa shape index (κ3) is 3.32. The summed E-state index contributed by atoms with van der Waals surface area (Å²) in [6.07, 6.45) is 1.11. The summed E-state index contributed by atoms with van der Waals surface area (Å²) < 4.78 is 10.2. The van der Waals surface area contributed by atoms with Crippen LogP contribution in [0, 0.1) is 11.8 Å². The molecule has 1 aliphatic carbocycles. The van der Waals surface area contributed by atoms with Gasteiger partial charge >= 0.3 is 5.97 Å². The van der Waals surface area contributed by atoms with Crippen LogP contribution in [0.2, 0.25) is 0 Å². The van der Waals surface area contributed by atoms with Crippen molar-refractivity contribution in [3.63, 3.8) is 0 Å². The third-order valence-corrected chi connectivity index (χ3v) is 2.84. The number of ketones is 1. The van der Waals surface area contributed by atoms with Crippen molar-refractivity contribution >= 4 is 11.8 Å². The third-order valence-electron chi connectivity index (χ3n) is 2.84. The molecule has 0 fully saturated rings. The highest BCUT2D eigenvalue weighted by Gasteiger charge is 2.34. The molecule has 0 saturated carbocycles. The molecule has 4 nitrogen and oxygen atoms in total. The molecule has 0 aromatic carbocycles. The maximum Gasteiger partial charge on any atom is 0.316 e. The van der Waals surface area contributed by atoms with Gasteiger partial charge in [-0.3, -0.25) is 9.59 Å². The van der Waals surface area contributed by atoms with Gasteiger partial charge in [0.15, 0.2) is 5.78 Å². The molecule has 1 atom stereocenters. The number of rotatable bonds is 4. The van der Waals surface area contributed by atoms with E-state index in [0.29, 0.717) is 30.9 Å². The number of carbonyl (C=O) groups excluding carboxylic acids is 2. The highest BCUT2D eigenvalue weighted by atomic mass is 16.5. The van der Waals surface area contributed by atoms with Gasteiger partial charge in [0.25, 0.3) is 0 Å². The number of esters is 1. The molecule has 0 aromatic heterocycles. The van der Waals surface area contributed by atoms with Crippen LogP contribution < -0.4 is 0 Å². The maximum atomic E-state index is 11.9. The van der Waals surface area contributed by atoms with Crippen molar-refractivity contribution in [3.05, 3.63) is 11.3 Å². The minimum Gasteiger partial charge on any atom is -0.497 e. The Hall–Kier alpha value is -1.32. The van der Waals surface area contributed by atoms with Gasteiger partial charge in [-0.25, -0.2) is 0 Å². The first-order valence-electron chi connectivity index (χ1n) is 5.92. The summed E-state index contributed by atoms with van der Waals surface area (Å²) in [4.78, 5) is 23.3. The van der Waals surface area contributed by atoms with Gasteiger partial charge < -0.3 is 9.47 Å². The van der Waals surface area contributed by atoms with Gasteiger partial charge in [-0.15, -0.1) is 0 Å². The van der Waals surface area contributed by atoms with E-state index in [9.17, 15) is 9.59 Å². The lowest BCUT2D eigenvalue weighted by Crippen LogP contribution is -2.30. The van der Waals surface area contributed by atoms with Gasteiger partial charge in [-0.2, -0.15) is 0 Å². The first kappa shape index (κ1) is 13.7. The van der Waals surface area contributed by atoms with E-state index in [-0.39, 0.29) is 5.78 Å². The molecule has 0 aliphatic heterocycles. The van der Waals surface area contributed by atoms with Gasteiger partial charge in [0.2, 0.25) is 0 Å². The zero-order chi connectivity index (χ0) is 13.0. The van der Waals surface area contributed by atoms with Crippen molar-refractivity contribution in [1.82, 2.24) is 0 Å². The van der Waals surface area contributed by atoms with Crippen molar-refractivity contribution in [1.29, 1.82) is 0 Å². The van der Waals surface area contributed by atoms with E-state index in [1.165, 1.54) is 7.11 Å². The Morgan fingerprint density at radius 1 is 1.47 bits per heavy atom. The summed E-state index contributed by atoms with van der Waals surface area (Å²) in [7, 11) is 1.31. The Balaban J connectivity index is 2.73. The van der Waals surface area contributed by atoms with Crippen molar-refractivity contribution in [2.75, 3.05) is 13.7 Å². The SMILES string of the molecule is COC(=O)C1CCC(OCC(C)C)=C(C)C1=O. The van der Waals surface area contributed by atoms with Gasteiger partial charge in [-0.1, -0.05) is 13.8 Å². The zero-order valence-corrected chi connectivity index (χ0v) is 10.9. The molecule has 0 saturated heterocycles. The Bertz CT molecular complexity index is 341. The maximum absolute atomic E-state index is 11.9. The standard InChI is InChI=1S/C13H20O4/c1-8(2)7-17-11-6-5-10(13(15)16-4)12(14)9(11)3/h8,10H,5-7H2,1-4H3. The molecule has 1 aliphatic rings. The lowest BCUT2D eigenvalue weighted by molar-refractivity contribution is -0.149. The van der Waals surface area contributed by atoms with Crippen LogP contribution in [0.25, 0.3) is 0 Å². The van der Waals surface area contributed by atoms with Gasteiger partial charge in [0.1, 0.15) is 11.7 Å². The van der Waals surface area contributed by atoms with Gasteiger partial charge in [-0.05, 0) is 19.3 Å². The first-order valence-corrected chi connectivity index (χ1v) is 5.92. The summed E-state index contributed by atoms with van der Waals surface area (Å²) in [5.74, 6) is -0.113. The average molecular weight is 240 g/mol. The van der Waals surface area contributed by atoms with Crippen LogP contribution in [-0.2, 0) is 19.1 Å². The van der Waals surface area contributed by atoms with Crippen molar-refractivity contribution in [2.45, 2.75) is 33.6 Å². The van der Waals surface area contributed by atoms with Crippen LogP contribution in [0.1, 0.15) is 33.6 Å². The first-order chi connectivity index (χ1) is 7.97. The van der Waals surface area contributed by atoms with E-state index in [0.717, 1.165) is 5.76 Å². The molecule has 0 bridgehead atoms. The molecule has 1 unspecified atom stereocenters. The Morgan fingerprint density at radius 3 is 2.65 bits per heavy atom. The molecule has 0 amide bonds. The smallest absolute Gasteiger partial charge is 0.316 e. The van der Waals surface area contributed by atoms with Crippen LogP contribution in [-0.4, -0.2) is 25.5 Å². The fraction of sp³-hybridized carbons (Fsp3) is 0.692. The topological polar surface area (TPSA) is 52.6 Å². The van der Waals surface area contributed by atoms with Crippen LogP contribution >= 0.6 is 0 Å². The summed E-state index contributed by atoms with van der Waals surface area (Å²) in [6, 6.07) is 0. The number of allylic oxidation sites excluding steroid dienone is 2. The number of Topliss-reactive ketones (excluding diaryl/α,β-unsaturated/α-hetero) is 1. The largest absolute Gasteiger partial charge is 0.497 e. The fourth-order valence-electron chi connectivity index (χ4n) is 1.81. The fourth-order valence-corrected chi connectivity index (χ4v) is 1.81. The van der Waals surface area contributed by atoms with E-state index in [1.807, 2.05) is 0 Å². The monoisotopic (exact) mass is 240 g/mol. The van der Waals surface area contributed by atoms with Crippen molar-refractivity contribution in [2.24, 2.45) is 11.8 Å². The number of hydrogen-bond acceptors (Lipinski definition) is 4. The van der Waals surface area contributed by atoms with E-state index in [4.69, 9.17) is 4.74 Å². The van der Waals surface area contributed by atoms with Gasteiger partial charge in [0, 0.05) is 12.0 Å². The Morgan fingerprint density at radius 2 is 2.12 bits per heavy atom. The molecule has 1 rings (SSSR count). The molecule has 0 radical (unpaired) electrons. The lowest BCUT2D eigenvalue weighted by Gasteiger charge is -2.23. The highest BCUT2D eigenvalue weighted by molar-refractivity contribution is 6.08. The zero-order valence-electron chi connectivity index (χ0n) is 10.9. The minimum atomic E-state index is -0.647. The summed E-state index contributed by atoms with van der Waals surface area (Å²) in [6.45, 7) is 6.42. The predicted octanol–water partition coefficient (Wildman–Crippen LogP) is 2.09. The van der Waals surface area contributed by atoms with Crippen LogP contribution in [0.5, 0.6) is 0 Å². The second-order valence-corrected chi connectivity index (χ2v) is 4.73. The summed E-state index contributed by atoms with van der Waals surface area (Å²) in [5, 5.41) is 0. The Labute approximate surface area is 102 Å². The van der Waals surface area contributed by atoms with Crippen LogP contribution in [0.4, 0.5) is 0 Å².